The maximum Gasteiger partial charge on any atom is 0.161 e. The Balaban J connectivity index is 1.84. The predicted molar refractivity (Wildman–Crippen MR) is 63.3 cm³/mol. The van der Waals surface area contributed by atoms with Gasteiger partial charge in [0.25, 0.3) is 0 Å². The smallest absolute Gasteiger partial charge is 0.161 e. The van der Waals surface area contributed by atoms with E-state index in [1.807, 2.05) is 18.2 Å². The summed E-state index contributed by atoms with van der Waals surface area (Å²) in [5.41, 5.74) is 0.970. The van der Waals surface area contributed by atoms with Gasteiger partial charge in [-0.1, -0.05) is 6.07 Å². The van der Waals surface area contributed by atoms with Crippen molar-refractivity contribution in [1.82, 2.24) is 5.32 Å². The number of fused-ring (bicyclic) bond motifs is 1. The van der Waals surface area contributed by atoms with Crippen molar-refractivity contribution in [3.8, 4) is 11.5 Å². The number of nitrogens with one attached hydrogen (secondary N) is 1. The highest BCUT2D eigenvalue weighted by Gasteiger charge is 2.32. The summed E-state index contributed by atoms with van der Waals surface area (Å²) < 4.78 is 17.0. The molecule has 1 atom stereocenters. The second kappa shape index (κ2) is 3.89. The van der Waals surface area contributed by atoms with Crippen molar-refractivity contribution in [2.45, 2.75) is 25.7 Å². The van der Waals surface area contributed by atoms with E-state index in [1.165, 1.54) is 0 Å². The minimum atomic E-state index is -0.113. The lowest BCUT2D eigenvalue weighted by atomic mass is 10.1. The second-order valence-electron chi connectivity index (χ2n) is 5.04. The summed E-state index contributed by atoms with van der Waals surface area (Å²) in [5.74, 6) is 1.63. The summed E-state index contributed by atoms with van der Waals surface area (Å²) >= 11 is 0. The van der Waals surface area contributed by atoms with E-state index in [-0.39, 0.29) is 11.8 Å². The molecule has 0 amide bonds. The lowest BCUT2D eigenvalue weighted by Gasteiger charge is -2.21. The first-order chi connectivity index (χ1) is 8.14. The molecule has 2 heterocycles. The van der Waals surface area contributed by atoms with Gasteiger partial charge in [0.15, 0.2) is 11.5 Å². The molecule has 4 heteroatoms. The molecule has 1 unspecified atom stereocenters. The van der Waals surface area contributed by atoms with Gasteiger partial charge in [-0.2, -0.15) is 0 Å². The first-order valence-corrected chi connectivity index (χ1v) is 5.95. The molecule has 2 aliphatic heterocycles. The minimum Gasteiger partial charge on any atom is -0.486 e. The summed E-state index contributed by atoms with van der Waals surface area (Å²) in [4.78, 5) is 0. The summed E-state index contributed by atoms with van der Waals surface area (Å²) in [7, 11) is 0. The molecule has 0 bridgehead atoms. The van der Waals surface area contributed by atoms with Crippen LogP contribution in [0.2, 0.25) is 0 Å². The molecule has 17 heavy (non-hydrogen) atoms. The molecule has 0 aromatic heterocycles. The maximum atomic E-state index is 5.92. The molecule has 4 nitrogen and oxygen atoms in total. The Morgan fingerprint density at radius 2 is 1.94 bits per heavy atom. The summed E-state index contributed by atoms with van der Waals surface area (Å²) in [6.07, 6.45) is -0.0548. The van der Waals surface area contributed by atoms with E-state index in [4.69, 9.17) is 14.2 Å². The molecule has 0 radical (unpaired) electrons. The van der Waals surface area contributed by atoms with Crippen molar-refractivity contribution >= 4 is 0 Å². The highest BCUT2D eigenvalue weighted by atomic mass is 16.6. The molecule has 2 aliphatic rings. The van der Waals surface area contributed by atoms with Crippen LogP contribution in [0.4, 0.5) is 0 Å². The quantitative estimate of drug-likeness (QED) is 0.806. The molecule has 1 saturated heterocycles. The predicted octanol–water partition coefficient (Wildman–Crippen LogP) is 1.85. The van der Waals surface area contributed by atoms with Crippen LogP contribution in [0.15, 0.2) is 18.2 Å². The third-order valence-corrected chi connectivity index (χ3v) is 3.02. The lowest BCUT2D eigenvalue weighted by Crippen LogP contribution is -2.23. The fraction of sp³-hybridized carbons (Fsp3) is 0.538. The topological polar surface area (TPSA) is 39.7 Å². The van der Waals surface area contributed by atoms with Crippen LogP contribution in [0.3, 0.4) is 0 Å². The van der Waals surface area contributed by atoms with Crippen molar-refractivity contribution in [2.75, 3.05) is 19.8 Å². The average Bonchev–Trinajstić information content (AvgIpc) is 2.69. The van der Waals surface area contributed by atoms with Gasteiger partial charge in [-0.25, -0.2) is 0 Å². The Morgan fingerprint density at radius 3 is 2.65 bits per heavy atom. The third-order valence-electron chi connectivity index (χ3n) is 3.02. The van der Waals surface area contributed by atoms with Crippen molar-refractivity contribution in [3.05, 3.63) is 23.8 Å². The van der Waals surface area contributed by atoms with Crippen molar-refractivity contribution < 1.29 is 14.2 Å². The first kappa shape index (κ1) is 10.9. The van der Waals surface area contributed by atoms with E-state index in [9.17, 15) is 0 Å². The molecular weight excluding hydrogens is 218 g/mol. The van der Waals surface area contributed by atoms with Crippen LogP contribution >= 0.6 is 0 Å². The molecule has 1 aromatic rings. The number of hydrogen-bond donors (Lipinski definition) is 1. The van der Waals surface area contributed by atoms with Gasteiger partial charge in [-0.05, 0) is 31.5 Å². The zero-order chi connectivity index (χ0) is 11.9. The Hall–Kier alpha value is -1.26. The fourth-order valence-electron chi connectivity index (χ4n) is 2.15. The number of hydrogen-bond acceptors (Lipinski definition) is 4. The van der Waals surface area contributed by atoms with Crippen LogP contribution in [0, 0.1) is 0 Å². The highest BCUT2D eigenvalue weighted by Crippen LogP contribution is 2.35. The van der Waals surface area contributed by atoms with E-state index >= 15 is 0 Å². The van der Waals surface area contributed by atoms with Gasteiger partial charge in [0.2, 0.25) is 0 Å². The molecule has 0 spiro atoms. The van der Waals surface area contributed by atoms with Crippen molar-refractivity contribution in [2.24, 2.45) is 0 Å². The largest absolute Gasteiger partial charge is 0.486 e. The van der Waals surface area contributed by atoms with E-state index < -0.39 is 0 Å². The average molecular weight is 235 g/mol. The lowest BCUT2D eigenvalue weighted by molar-refractivity contribution is -0.0157. The fourth-order valence-corrected chi connectivity index (χ4v) is 2.15. The van der Waals surface area contributed by atoms with Gasteiger partial charge in [0.1, 0.15) is 19.4 Å². The van der Waals surface area contributed by atoms with Crippen LogP contribution in [0.1, 0.15) is 25.6 Å². The number of ether oxygens (including phenoxy) is 3. The first-order valence-electron chi connectivity index (χ1n) is 5.95. The Kier molecular flexibility index (Phi) is 2.49. The number of benzene rings is 1. The van der Waals surface area contributed by atoms with Gasteiger partial charge in [-0.15, -0.1) is 0 Å². The van der Waals surface area contributed by atoms with Crippen LogP contribution in [-0.2, 0) is 4.74 Å². The second-order valence-corrected chi connectivity index (χ2v) is 5.04. The molecule has 0 saturated carbocycles. The monoisotopic (exact) mass is 235 g/mol. The van der Waals surface area contributed by atoms with Crippen LogP contribution < -0.4 is 14.8 Å². The van der Waals surface area contributed by atoms with E-state index in [0.717, 1.165) is 23.6 Å². The number of rotatable bonds is 1. The molecule has 0 aliphatic carbocycles. The summed E-state index contributed by atoms with van der Waals surface area (Å²) in [6, 6.07) is 5.96. The summed E-state index contributed by atoms with van der Waals surface area (Å²) in [5, 5.41) is 3.35. The third kappa shape index (κ3) is 2.10. The summed E-state index contributed by atoms with van der Waals surface area (Å²) in [6.45, 7) is 6.25. The van der Waals surface area contributed by atoms with Crippen molar-refractivity contribution in [3.63, 3.8) is 0 Å². The normalized spacial score (nSPS) is 25.9. The minimum absolute atomic E-state index is 0.0548. The van der Waals surface area contributed by atoms with Crippen LogP contribution in [-0.4, -0.2) is 25.4 Å². The molecule has 1 aromatic carbocycles. The Bertz CT molecular complexity index is 431. The van der Waals surface area contributed by atoms with Gasteiger partial charge in [0.05, 0.1) is 5.60 Å². The van der Waals surface area contributed by atoms with Gasteiger partial charge < -0.3 is 14.2 Å². The molecule has 1 fully saturated rings. The van der Waals surface area contributed by atoms with Gasteiger partial charge >= 0.3 is 0 Å². The van der Waals surface area contributed by atoms with Gasteiger partial charge in [0, 0.05) is 6.54 Å². The van der Waals surface area contributed by atoms with E-state index in [0.29, 0.717) is 13.2 Å². The Labute approximate surface area is 101 Å². The standard InChI is InChI=1S/C13H17NO3/c1-13(2)8-14-12(17-13)9-3-4-10-11(7-9)16-6-5-15-10/h3-4,7,12,14H,5-6,8H2,1-2H3. The van der Waals surface area contributed by atoms with Crippen molar-refractivity contribution in [1.29, 1.82) is 0 Å². The van der Waals surface area contributed by atoms with Crippen LogP contribution in [0.25, 0.3) is 0 Å². The van der Waals surface area contributed by atoms with E-state index in [1.54, 1.807) is 0 Å². The highest BCUT2D eigenvalue weighted by molar-refractivity contribution is 5.44. The van der Waals surface area contributed by atoms with E-state index in [2.05, 4.69) is 19.2 Å². The van der Waals surface area contributed by atoms with Gasteiger partial charge in [-0.3, -0.25) is 5.32 Å². The SMILES string of the molecule is CC1(C)CNC(c2ccc3c(c2)OCCO3)O1. The maximum absolute atomic E-state index is 5.92. The van der Waals surface area contributed by atoms with Crippen LogP contribution in [0.5, 0.6) is 11.5 Å². The zero-order valence-corrected chi connectivity index (χ0v) is 10.2. The molecule has 1 N–H and O–H groups in total. The zero-order valence-electron chi connectivity index (χ0n) is 10.2. The molecule has 92 valence electrons. The Morgan fingerprint density at radius 1 is 1.18 bits per heavy atom. The molecule has 3 rings (SSSR count). The molecular formula is C13H17NO3.